The van der Waals surface area contributed by atoms with Crippen LogP contribution in [0.1, 0.15) is 68.1 Å². The Morgan fingerprint density at radius 2 is 1.68 bits per heavy atom. The van der Waals surface area contributed by atoms with Gasteiger partial charge in [0.15, 0.2) is 11.6 Å². The molecule has 1 aliphatic carbocycles. The molecule has 0 amide bonds. The molecule has 0 aromatic heterocycles. The summed E-state index contributed by atoms with van der Waals surface area (Å²) >= 11 is 0. The van der Waals surface area contributed by atoms with Crippen LogP contribution in [0.25, 0.3) is 0 Å². The maximum atomic E-state index is 14.2. The minimum atomic E-state index is -0.879. The molecule has 0 saturated heterocycles. The lowest BCUT2D eigenvalue weighted by atomic mass is 9.78. The third-order valence-corrected chi connectivity index (χ3v) is 6.28. The van der Waals surface area contributed by atoms with Crippen LogP contribution in [0.5, 0.6) is 5.75 Å². The fourth-order valence-electron chi connectivity index (χ4n) is 4.43. The first-order chi connectivity index (χ1) is 15.1. The van der Waals surface area contributed by atoms with E-state index in [-0.39, 0.29) is 5.75 Å². The van der Waals surface area contributed by atoms with Gasteiger partial charge in [-0.05, 0) is 92.9 Å². The summed E-state index contributed by atoms with van der Waals surface area (Å²) in [4.78, 5) is 0. The smallest absolute Gasteiger partial charge is 0.200 e. The second kappa shape index (κ2) is 11.8. The molecular formula is C28H34F2O. The third kappa shape index (κ3) is 6.53. The molecule has 0 unspecified atom stereocenters. The molecule has 1 saturated carbocycles. The van der Waals surface area contributed by atoms with E-state index in [0.29, 0.717) is 30.4 Å². The largest absolute Gasteiger partial charge is 0.491 e. The summed E-state index contributed by atoms with van der Waals surface area (Å²) in [7, 11) is 0. The van der Waals surface area contributed by atoms with Gasteiger partial charge in [0, 0.05) is 0 Å². The van der Waals surface area contributed by atoms with Crippen LogP contribution in [0.15, 0.2) is 61.2 Å². The Bertz CT molecular complexity index is 861. The van der Waals surface area contributed by atoms with E-state index in [1.807, 2.05) is 6.08 Å². The fourth-order valence-corrected chi connectivity index (χ4v) is 4.43. The molecule has 1 aliphatic rings. The lowest BCUT2D eigenvalue weighted by Gasteiger charge is -2.27. The molecule has 0 bridgehead atoms. The normalized spacial score (nSPS) is 18.9. The Morgan fingerprint density at radius 3 is 2.35 bits per heavy atom. The standard InChI is InChI=1S/C28H34F2O/c1-3-5-8-21-11-15-23(16-12-21)24-17-13-22(14-18-24)9-6-7-10-25-19-20-26(31-4-2)28(30)27(25)29/h3,6,9,11-12,15-16,19-20,22,24H,1,4-5,7-8,10,13-14,17-18H2,2H3. The molecular weight excluding hydrogens is 390 g/mol. The van der Waals surface area contributed by atoms with Gasteiger partial charge in [0.05, 0.1) is 6.61 Å². The van der Waals surface area contributed by atoms with Crippen molar-refractivity contribution < 1.29 is 13.5 Å². The van der Waals surface area contributed by atoms with Gasteiger partial charge in [0.2, 0.25) is 5.82 Å². The van der Waals surface area contributed by atoms with Crippen LogP contribution < -0.4 is 4.74 Å². The van der Waals surface area contributed by atoms with Gasteiger partial charge in [-0.1, -0.05) is 48.6 Å². The average molecular weight is 425 g/mol. The molecule has 2 aromatic rings. The van der Waals surface area contributed by atoms with Crippen molar-refractivity contribution in [2.75, 3.05) is 6.61 Å². The molecule has 3 rings (SSSR count). The Labute approximate surface area is 185 Å². The average Bonchev–Trinajstić information content (AvgIpc) is 2.80. The van der Waals surface area contributed by atoms with Crippen LogP contribution in [0.3, 0.4) is 0 Å². The number of benzene rings is 2. The van der Waals surface area contributed by atoms with Crippen LogP contribution in [0, 0.1) is 17.6 Å². The van der Waals surface area contributed by atoms with Gasteiger partial charge in [-0.15, -0.1) is 6.58 Å². The number of halogens is 2. The monoisotopic (exact) mass is 424 g/mol. The van der Waals surface area contributed by atoms with Gasteiger partial charge >= 0.3 is 0 Å². The van der Waals surface area contributed by atoms with Crippen molar-refractivity contribution in [3.63, 3.8) is 0 Å². The molecule has 2 aromatic carbocycles. The van der Waals surface area contributed by atoms with E-state index in [9.17, 15) is 8.78 Å². The lowest BCUT2D eigenvalue weighted by molar-refractivity contribution is 0.313. The van der Waals surface area contributed by atoms with Gasteiger partial charge in [-0.2, -0.15) is 4.39 Å². The van der Waals surface area contributed by atoms with Crippen LogP contribution in [0.2, 0.25) is 0 Å². The second-order valence-electron chi connectivity index (χ2n) is 8.43. The second-order valence-corrected chi connectivity index (χ2v) is 8.43. The first kappa shape index (κ1) is 23.2. The number of hydrogen-bond donors (Lipinski definition) is 0. The van der Waals surface area contributed by atoms with Crippen LogP contribution in [-0.2, 0) is 12.8 Å². The lowest BCUT2D eigenvalue weighted by Crippen LogP contribution is -2.11. The van der Waals surface area contributed by atoms with Crippen molar-refractivity contribution in [2.45, 2.75) is 64.2 Å². The maximum Gasteiger partial charge on any atom is 0.200 e. The van der Waals surface area contributed by atoms with Gasteiger partial charge < -0.3 is 4.74 Å². The summed E-state index contributed by atoms with van der Waals surface area (Å²) in [5.41, 5.74) is 3.24. The quantitative estimate of drug-likeness (QED) is 0.352. The van der Waals surface area contributed by atoms with E-state index >= 15 is 0 Å². The van der Waals surface area contributed by atoms with Crippen molar-refractivity contribution in [3.05, 3.63) is 89.5 Å². The van der Waals surface area contributed by atoms with E-state index < -0.39 is 11.6 Å². The molecule has 31 heavy (non-hydrogen) atoms. The van der Waals surface area contributed by atoms with E-state index in [1.54, 1.807) is 13.0 Å². The van der Waals surface area contributed by atoms with Gasteiger partial charge in [0.1, 0.15) is 0 Å². The van der Waals surface area contributed by atoms with E-state index in [0.717, 1.165) is 19.3 Å². The zero-order chi connectivity index (χ0) is 22.1. The number of rotatable bonds is 10. The third-order valence-electron chi connectivity index (χ3n) is 6.28. The molecule has 0 N–H and O–H groups in total. The molecule has 0 aliphatic heterocycles. The predicted molar refractivity (Wildman–Crippen MR) is 125 cm³/mol. The Kier molecular flexibility index (Phi) is 8.87. The zero-order valence-corrected chi connectivity index (χ0v) is 18.6. The van der Waals surface area contributed by atoms with Crippen molar-refractivity contribution in [2.24, 2.45) is 5.92 Å². The summed E-state index contributed by atoms with van der Waals surface area (Å²) in [6, 6.07) is 12.3. The zero-order valence-electron chi connectivity index (χ0n) is 18.6. The molecule has 0 heterocycles. The summed E-state index contributed by atoms with van der Waals surface area (Å²) < 4.78 is 33.3. The highest BCUT2D eigenvalue weighted by Gasteiger charge is 2.20. The summed E-state index contributed by atoms with van der Waals surface area (Å²) in [5, 5.41) is 0. The van der Waals surface area contributed by atoms with Crippen molar-refractivity contribution in [1.29, 1.82) is 0 Å². The van der Waals surface area contributed by atoms with Crippen molar-refractivity contribution in [1.82, 2.24) is 0 Å². The van der Waals surface area contributed by atoms with Crippen molar-refractivity contribution in [3.8, 4) is 5.75 Å². The molecule has 0 atom stereocenters. The van der Waals surface area contributed by atoms with Crippen LogP contribution in [0.4, 0.5) is 8.78 Å². The highest BCUT2D eigenvalue weighted by atomic mass is 19.2. The predicted octanol–water partition coefficient (Wildman–Crippen LogP) is 7.94. The number of ether oxygens (including phenoxy) is 1. The minimum absolute atomic E-state index is 0.0116. The van der Waals surface area contributed by atoms with Gasteiger partial charge in [-0.3, -0.25) is 0 Å². The Balaban J connectivity index is 1.44. The summed E-state index contributed by atoms with van der Waals surface area (Å²) in [6.45, 7) is 5.87. The van der Waals surface area contributed by atoms with E-state index in [1.165, 1.54) is 42.9 Å². The van der Waals surface area contributed by atoms with E-state index in [4.69, 9.17) is 4.74 Å². The summed E-state index contributed by atoms with van der Waals surface area (Å²) in [6.07, 6.45) is 14.5. The molecule has 0 spiro atoms. The first-order valence-electron chi connectivity index (χ1n) is 11.6. The SMILES string of the molecule is C=CCCc1ccc(C2CCC(C=CCCc3ccc(OCC)c(F)c3F)CC2)cc1. The molecule has 166 valence electrons. The number of hydrogen-bond acceptors (Lipinski definition) is 1. The van der Waals surface area contributed by atoms with E-state index in [2.05, 4.69) is 43.0 Å². The van der Waals surface area contributed by atoms with Crippen molar-refractivity contribution >= 4 is 0 Å². The number of aryl methyl sites for hydroxylation is 2. The van der Waals surface area contributed by atoms with Gasteiger partial charge in [0.25, 0.3) is 0 Å². The van der Waals surface area contributed by atoms with Gasteiger partial charge in [-0.25, -0.2) is 4.39 Å². The Morgan fingerprint density at radius 1 is 0.935 bits per heavy atom. The van der Waals surface area contributed by atoms with Crippen LogP contribution >= 0.6 is 0 Å². The molecule has 1 fully saturated rings. The highest BCUT2D eigenvalue weighted by Crippen LogP contribution is 2.36. The maximum absolute atomic E-state index is 14.2. The summed E-state index contributed by atoms with van der Waals surface area (Å²) in [5.74, 6) is -0.433. The molecule has 0 radical (unpaired) electrons. The topological polar surface area (TPSA) is 9.23 Å². The Hall–Kier alpha value is -2.42. The first-order valence-corrected chi connectivity index (χ1v) is 11.6. The highest BCUT2D eigenvalue weighted by molar-refractivity contribution is 5.31. The minimum Gasteiger partial charge on any atom is -0.491 e. The fraction of sp³-hybridized carbons (Fsp3) is 0.429. The molecule has 1 nitrogen and oxygen atoms in total. The van der Waals surface area contributed by atoms with Crippen LogP contribution in [-0.4, -0.2) is 6.61 Å². The molecule has 3 heteroatoms. The number of allylic oxidation sites excluding steroid dienone is 3.